The summed E-state index contributed by atoms with van der Waals surface area (Å²) in [5.74, 6) is 1.93. The standard InChI is InChI=1S/C25H27N7O2/c1-16(2)19-7-9-20(10-8-19)24-28-30-32(29-24)12-11-23(33)27-25-22(14-26)17(3)18(4)31(25)15-21-6-5-13-34-21/h5-10,13,16H,11-12,15H2,1-4H3,(H,27,33). The number of rotatable bonds is 8. The maximum absolute atomic E-state index is 12.8. The summed E-state index contributed by atoms with van der Waals surface area (Å²) < 4.78 is 7.34. The molecule has 0 aliphatic rings. The predicted molar refractivity (Wildman–Crippen MR) is 127 cm³/mol. The lowest BCUT2D eigenvalue weighted by Crippen LogP contribution is -2.19. The molecule has 0 aliphatic carbocycles. The number of benzene rings is 1. The molecule has 0 saturated carbocycles. The molecule has 9 heteroatoms. The molecule has 0 radical (unpaired) electrons. The highest BCUT2D eigenvalue weighted by molar-refractivity contribution is 5.91. The number of nitriles is 1. The number of carbonyl (C=O) groups is 1. The average molecular weight is 458 g/mol. The van der Waals surface area contributed by atoms with E-state index in [2.05, 4.69) is 52.8 Å². The smallest absolute Gasteiger partial charge is 0.227 e. The van der Waals surface area contributed by atoms with Crippen LogP contribution >= 0.6 is 0 Å². The molecule has 34 heavy (non-hydrogen) atoms. The topological polar surface area (TPSA) is 115 Å². The van der Waals surface area contributed by atoms with Crippen molar-refractivity contribution in [1.82, 2.24) is 24.8 Å². The molecule has 0 spiro atoms. The Morgan fingerprint density at radius 3 is 2.62 bits per heavy atom. The highest BCUT2D eigenvalue weighted by Crippen LogP contribution is 2.27. The van der Waals surface area contributed by atoms with E-state index in [1.54, 1.807) is 6.26 Å². The number of aryl methyl sites for hydroxylation is 1. The van der Waals surface area contributed by atoms with Crippen molar-refractivity contribution in [2.45, 2.75) is 53.1 Å². The Morgan fingerprint density at radius 1 is 1.21 bits per heavy atom. The number of carbonyl (C=O) groups excluding carboxylic acids is 1. The molecule has 1 amide bonds. The second kappa shape index (κ2) is 9.75. The van der Waals surface area contributed by atoms with E-state index in [9.17, 15) is 10.1 Å². The van der Waals surface area contributed by atoms with E-state index in [4.69, 9.17) is 4.42 Å². The Labute approximate surface area is 198 Å². The molecule has 0 saturated heterocycles. The van der Waals surface area contributed by atoms with Crippen LogP contribution in [0.3, 0.4) is 0 Å². The van der Waals surface area contributed by atoms with Crippen LogP contribution in [0, 0.1) is 25.2 Å². The van der Waals surface area contributed by atoms with Crippen molar-refractivity contribution in [3.8, 4) is 17.5 Å². The Hall–Kier alpha value is -4.19. The largest absolute Gasteiger partial charge is 0.467 e. The Balaban J connectivity index is 1.44. The van der Waals surface area contributed by atoms with Crippen molar-refractivity contribution < 1.29 is 9.21 Å². The molecule has 0 aliphatic heterocycles. The minimum Gasteiger partial charge on any atom is -0.467 e. The molecule has 1 N–H and O–H groups in total. The monoisotopic (exact) mass is 457 g/mol. The number of amides is 1. The van der Waals surface area contributed by atoms with E-state index in [1.165, 1.54) is 10.4 Å². The van der Waals surface area contributed by atoms with E-state index in [1.807, 2.05) is 42.7 Å². The molecular weight excluding hydrogens is 430 g/mol. The zero-order valence-corrected chi connectivity index (χ0v) is 19.7. The highest BCUT2D eigenvalue weighted by atomic mass is 16.3. The van der Waals surface area contributed by atoms with Crippen LogP contribution in [0.1, 0.15) is 54.3 Å². The van der Waals surface area contributed by atoms with Gasteiger partial charge in [-0.2, -0.15) is 10.1 Å². The van der Waals surface area contributed by atoms with E-state index < -0.39 is 0 Å². The fourth-order valence-electron chi connectivity index (χ4n) is 3.75. The number of aromatic nitrogens is 5. The molecule has 3 heterocycles. The highest BCUT2D eigenvalue weighted by Gasteiger charge is 2.20. The van der Waals surface area contributed by atoms with Gasteiger partial charge in [-0.3, -0.25) is 4.79 Å². The van der Waals surface area contributed by atoms with Crippen LogP contribution in [0.4, 0.5) is 5.82 Å². The number of nitrogens with zero attached hydrogens (tertiary/aromatic N) is 6. The summed E-state index contributed by atoms with van der Waals surface area (Å²) in [6.07, 6.45) is 1.74. The van der Waals surface area contributed by atoms with Crippen molar-refractivity contribution in [2.75, 3.05) is 5.32 Å². The Kier molecular flexibility index (Phi) is 6.59. The third kappa shape index (κ3) is 4.76. The summed E-state index contributed by atoms with van der Waals surface area (Å²) in [5, 5.41) is 25.2. The first-order valence-electron chi connectivity index (χ1n) is 11.2. The van der Waals surface area contributed by atoms with Crippen LogP contribution in [0.5, 0.6) is 0 Å². The maximum atomic E-state index is 12.8. The molecule has 9 nitrogen and oxygen atoms in total. The van der Waals surface area contributed by atoms with Gasteiger partial charge in [0.05, 0.1) is 24.9 Å². The van der Waals surface area contributed by atoms with Crippen molar-refractivity contribution in [3.63, 3.8) is 0 Å². The lowest BCUT2D eigenvalue weighted by molar-refractivity contribution is -0.116. The fraction of sp³-hybridized carbons (Fsp3) is 0.320. The second-order valence-corrected chi connectivity index (χ2v) is 8.50. The first-order valence-corrected chi connectivity index (χ1v) is 11.2. The van der Waals surface area contributed by atoms with E-state index in [-0.39, 0.29) is 18.9 Å². The van der Waals surface area contributed by atoms with Crippen LogP contribution in [-0.4, -0.2) is 30.7 Å². The lowest BCUT2D eigenvalue weighted by atomic mass is 10.0. The minimum absolute atomic E-state index is 0.136. The van der Waals surface area contributed by atoms with Gasteiger partial charge in [-0.15, -0.1) is 10.2 Å². The van der Waals surface area contributed by atoms with Crippen LogP contribution in [-0.2, 0) is 17.9 Å². The predicted octanol–water partition coefficient (Wildman–Crippen LogP) is 4.42. The van der Waals surface area contributed by atoms with Crippen LogP contribution in [0.15, 0.2) is 47.1 Å². The minimum atomic E-state index is -0.241. The van der Waals surface area contributed by atoms with Gasteiger partial charge < -0.3 is 14.3 Å². The molecule has 4 aromatic rings. The fourth-order valence-corrected chi connectivity index (χ4v) is 3.75. The number of nitrogens with one attached hydrogen (secondary N) is 1. The van der Waals surface area contributed by atoms with Crippen LogP contribution < -0.4 is 5.32 Å². The molecule has 0 atom stereocenters. The first-order chi connectivity index (χ1) is 16.4. The van der Waals surface area contributed by atoms with Gasteiger partial charge in [0.1, 0.15) is 17.6 Å². The summed E-state index contributed by atoms with van der Waals surface area (Å²) in [6.45, 7) is 8.76. The maximum Gasteiger partial charge on any atom is 0.227 e. The second-order valence-electron chi connectivity index (χ2n) is 8.50. The molecule has 4 rings (SSSR count). The van der Waals surface area contributed by atoms with Crippen molar-refractivity contribution in [3.05, 3.63) is 70.8 Å². The SMILES string of the molecule is Cc1c(C#N)c(NC(=O)CCn2nnc(-c3ccc(C(C)C)cc3)n2)n(Cc2ccco2)c1C. The summed E-state index contributed by atoms with van der Waals surface area (Å²) in [7, 11) is 0. The third-order valence-electron chi connectivity index (χ3n) is 5.92. The van der Waals surface area contributed by atoms with E-state index in [0.717, 1.165) is 22.6 Å². The number of furan rings is 1. The van der Waals surface area contributed by atoms with E-state index in [0.29, 0.717) is 29.7 Å². The average Bonchev–Trinajstić information content (AvgIpc) is 3.56. The summed E-state index contributed by atoms with van der Waals surface area (Å²) in [4.78, 5) is 14.2. The molecule has 3 aromatic heterocycles. The van der Waals surface area contributed by atoms with Gasteiger partial charge in [-0.25, -0.2) is 0 Å². The summed E-state index contributed by atoms with van der Waals surface area (Å²) >= 11 is 0. The zero-order chi connectivity index (χ0) is 24.2. The summed E-state index contributed by atoms with van der Waals surface area (Å²) in [5.41, 5.74) is 4.29. The zero-order valence-electron chi connectivity index (χ0n) is 19.7. The normalized spacial score (nSPS) is 11.1. The van der Waals surface area contributed by atoms with Crippen molar-refractivity contribution >= 4 is 11.7 Å². The Morgan fingerprint density at radius 2 is 1.97 bits per heavy atom. The number of hydrogen-bond donors (Lipinski definition) is 1. The van der Waals surface area contributed by atoms with Crippen LogP contribution in [0.25, 0.3) is 11.4 Å². The Bertz CT molecular complexity index is 1320. The van der Waals surface area contributed by atoms with Gasteiger partial charge in [-0.1, -0.05) is 38.1 Å². The van der Waals surface area contributed by atoms with Gasteiger partial charge in [0.15, 0.2) is 0 Å². The van der Waals surface area contributed by atoms with Gasteiger partial charge in [0, 0.05) is 17.7 Å². The molecule has 0 bridgehead atoms. The molecule has 174 valence electrons. The number of anilines is 1. The van der Waals surface area contributed by atoms with Gasteiger partial charge in [0.2, 0.25) is 11.7 Å². The molecule has 0 fully saturated rings. The number of hydrogen-bond acceptors (Lipinski definition) is 6. The van der Waals surface area contributed by atoms with Gasteiger partial charge in [-0.05, 0) is 48.2 Å². The molecular formula is C25H27N7O2. The van der Waals surface area contributed by atoms with E-state index >= 15 is 0 Å². The van der Waals surface area contributed by atoms with Crippen LogP contribution in [0.2, 0.25) is 0 Å². The van der Waals surface area contributed by atoms with Gasteiger partial charge in [0.25, 0.3) is 0 Å². The first kappa shape index (κ1) is 23.0. The third-order valence-corrected chi connectivity index (χ3v) is 5.92. The number of tetrazole rings is 1. The lowest BCUT2D eigenvalue weighted by Gasteiger charge is -2.12. The van der Waals surface area contributed by atoms with Crippen molar-refractivity contribution in [1.29, 1.82) is 5.26 Å². The van der Waals surface area contributed by atoms with Gasteiger partial charge >= 0.3 is 0 Å². The summed E-state index contributed by atoms with van der Waals surface area (Å²) in [6, 6.07) is 13.9. The molecule has 0 unspecified atom stereocenters. The quantitative estimate of drug-likeness (QED) is 0.419. The molecule has 1 aromatic carbocycles. The van der Waals surface area contributed by atoms with Crippen molar-refractivity contribution in [2.24, 2.45) is 0 Å².